The number of rotatable bonds is 2. The minimum absolute atomic E-state index is 0.0840. The normalized spacial score (nSPS) is 17.4. The first-order valence-corrected chi connectivity index (χ1v) is 7.00. The Hall–Kier alpha value is -2.17. The van der Waals surface area contributed by atoms with Crippen LogP contribution in [0.3, 0.4) is 0 Å². The molecule has 102 valence electrons. The highest BCUT2D eigenvalue weighted by molar-refractivity contribution is 5.92. The molecule has 0 aliphatic heterocycles. The molecule has 5 nitrogen and oxygen atoms in total. The fourth-order valence-corrected chi connectivity index (χ4v) is 3.02. The van der Waals surface area contributed by atoms with Gasteiger partial charge in [0.05, 0.1) is 23.6 Å². The molecule has 20 heavy (non-hydrogen) atoms. The van der Waals surface area contributed by atoms with Crippen LogP contribution in [0.25, 0.3) is 16.4 Å². The van der Waals surface area contributed by atoms with E-state index in [1.807, 2.05) is 24.4 Å². The molecule has 1 aliphatic rings. The molecule has 4 rings (SSSR count). The van der Waals surface area contributed by atoms with Gasteiger partial charge in [0, 0.05) is 6.20 Å². The maximum absolute atomic E-state index is 12.5. The molecule has 0 unspecified atom stereocenters. The molecular weight excluding hydrogens is 252 g/mol. The quantitative estimate of drug-likeness (QED) is 0.716. The zero-order valence-electron chi connectivity index (χ0n) is 11.4. The molecule has 5 heteroatoms. The van der Waals surface area contributed by atoms with Crippen molar-refractivity contribution < 1.29 is 0 Å². The topological polar surface area (TPSA) is 52.2 Å². The predicted molar refractivity (Wildman–Crippen MR) is 76.7 cm³/mol. The second-order valence-electron chi connectivity index (χ2n) is 6.06. The van der Waals surface area contributed by atoms with Gasteiger partial charge in [-0.05, 0) is 30.4 Å². The molecule has 1 saturated carbocycles. The lowest BCUT2D eigenvalue weighted by Gasteiger charge is -2.38. The van der Waals surface area contributed by atoms with Gasteiger partial charge in [-0.2, -0.15) is 10.2 Å². The van der Waals surface area contributed by atoms with Crippen LogP contribution < -0.4 is 5.56 Å². The van der Waals surface area contributed by atoms with E-state index in [1.165, 1.54) is 19.3 Å². The second-order valence-corrected chi connectivity index (χ2v) is 6.06. The fraction of sp³-hybridized carbons (Fsp3) is 0.400. The largest absolute Gasteiger partial charge is 0.295 e. The Morgan fingerprint density at radius 2 is 2.20 bits per heavy atom. The van der Waals surface area contributed by atoms with Crippen molar-refractivity contribution in [1.29, 1.82) is 0 Å². The van der Waals surface area contributed by atoms with Gasteiger partial charge in [-0.25, -0.2) is 9.20 Å². The zero-order chi connectivity index (χ0) is 13.7. The van der Waals surface area contributed by atoms with Gasteiger partial charge >= 0.3 is 0 Å². The van der Waals surface area contributed by atoms with Gasteiger partial charge in [-0.3, -0.25) is 4.79 Å². The molecule has 0 bridgehead atoms. The third-order valence-corrected chi connectivity index (χ3v) is 4.43. The molecule has 0 saturated heterocycles. The van der Waals surface area contributed by atoms with Gasteiger partial charge in [-0.1, -0.05) is 19.4 Å². The van der Waals surface area contributed by atoms with E-state index in [9.17, 15) is 4.79 Å². The summed E-state index contributed by atoms with van der Waals surface area (Å²) < 4.78 is 3.32. The van der Waals surface area contributed by atoms with Crippen LogP contribution in [0.5, 0.6) is 0 Å². The van der Waals surface area contributed by atoms with Crippen molar-refractivity contribution in [3.05, 3.63) is 40.9 Å². The van der Waals surface area contributed by atoms with Crippen LogP contribution in [-0.2, 0) is 6.54 Å². The molecule has 1 fully saturated rings. The predicted octanol–water partition coefficient (Wildman–Crippen LogP) is 2.23. The number of hydrogen-bond donors (Lipinski definition) is 0. The maximum atomic E-state index is 12.5. The number of aromatic nitrogens is 4. The summed E-state index contributed by atoms with van der Waals surface area (Å²) in [5.41, 5.74) is 1.58. The Labute approximate surface area is 115 Å². The molecule has 3 heterocycles. The first-order chi connectivity index (χ1) is 9.66. The number of hydrogen-bond acceptors (Lipinski definition) is 3. The summed E-state index contributed by atoms with van der Waals surface area (Å²) in [5.74, 6) is 0. The van der Waals surface area contributed by atoms with Crippen molar-refractivity contribution in [3.63, 3.8) is 0 Å². The van der Waals surface area contributed by atoms with Crippen LogP contribution in [0.1, 0.15) is 26.2 Å². The summed E-state index contributed by atoms with van der Waals surface area (Å²) in [6, 6.07) is 5.80. The van der Waals surface area contributed by atoms with Crippen LogP contribution in [0, 0.1) is 5.41 Å². The number of pyridine rings is 1. The fourth-order valence-electron chi connectivity index (χ4n) is 3.02. The molecule has 0 atom stereocenters. The van der Waals surface area contributed by atoms with E-state index in [4.69, 9.17) is 0 Å². The minimum Gasteiger partial charge on any atom is -0.265 e. The van der Waals surface area contributed by atoms with Crippen molar-refractivity contribution in [2.45, 2.75) is 32.7 Å². The van der Waals surface area contributed by atoms with Gasteiger partial charge < -0.3 is 0 Å². The van der Waals surface area contributed by atoms with E-state index in [0.29, 0.717) is 12.1 Å². The molecule has 0 spiro atoms. The lowest BCUT2D eigenvalue weighted by Crippen LogP contribution is -2.36. The third kappa shape index (κ3) is 1.59. The van der Waals surface area contributed by atoms with Crippen LogP contribution in [0.15, 0.2) is 35.4 Å². The number of nitrogens with zero attached hydrogens (tertiary/aromatic N) is 4. The molecule has 1 aliphatic carbocycles. The summed E-state index contributed by atoms with van der Waals surface area (Å²) in [7, 11) is 0. The monoisotopic (exact) mass is 268 g/mol. The average molecular weight is 268 g/mol. The van der Waals surface area contributed by atoms with Crippen molar-refractivity contribution in [1.82, 2.24) is 19.4 Å². The molecule has 0 radical (unpaired) electrons. The van der Waals surface area contributed by atoms with Crippen LogP contribution >= 0.6 is 0 Å². The van der Waals surface area contributed by atoms with E-state index < -0.39 is 0 Å². The Balaban J connectivity index is 1.90. The highest BCUT2D eigenvalue weighted by Crippen LogP contribution is 2.41. The smallest absolute Gasteiger partial charge is 0.265 e. The standard InChI is InChI=1S/C15H16N4O/c1-15(6-4-7-15)10-19-14(20)13-11(9-16-19)12-5-2-3-8-18(12)17-13/h2-3,5,8-9H,4,6-7,10H2,1H3. The van der Waals surface area contributed by atoms with Gasteiger partial charge in [0.1, 0.15) is 0 Å². The van der Waals surface area contributed by atoms with E-state index in [2.05, 4.69) is 17.1 Å². The van der Waals surface area contributed by atoms with Gasteiger partial charge in [0.25, 0.3) is 5.56 Å². The maximum Gasteiger partial charge on any atom is 0.295 e. The van der Waals surface area contributed by atoms with E-state index in [-0.39, 0.29) is 11.0 Å². The third-order valence-electron chi connectivity index (χ3n) is 4.43. The molecule has 0 amide bonds. The Morgan fingerprint density at radius 3 is 2.95 bits per heavy atom. The summed E-state index contributed by atoms with van der Waals surface area (Å²) >= 11 is 0. The Kier molecular flexibility index (Phi) is 2.28. The lowest BCUT2D eigenvalue weighted by atomic mass is 9.70. The Morgan fingerprint density at radius 1 is 1.35 bits per heavy atom. The first-order valence-electron chi connectivity index (χ1n) is 7.00. The summed E-state index contributed by atoms with van der Waals surface area (Å²) in [5, 5.41) is 9.56. The van der Waals surface area contributed by atoms with E-state index in [0.717, 1.165) is 10.9 Å². The van der Waals surface area contributed by atoms with Crippen LogP contribution in [0.4, 0.5) is 0 Å². The molecule has 0 aromatic carbocycles. The van der Waals surface area contributed by atoms with Gasteiger partial charge in [0.15, 0.2) is 5.52 Å². The molecule has 0 N–H and O–H groups in total. The lowest BCUT2D eigenvalue weighted by molar-refractivity contribution is 0.123. The van der Waals surface area contributed by atoms with E-state index in [1.54, 1.807) is 15.4 Å². The van der Waals surface area contributed by atoms with Crippen molar-refractivity contribution in [2.75, 3.05) is 0 Å². The van der Waals surface area contributed by atoms with Crippen molar-refractivity contribution in [2.24, 2.45) is 5.41 Å². The first kappa shape index (κ1) is 11.6. The second kappa shape index (κ2) is 3.91. The number of fused-ring (bicyclic) bond motifs is 3. The molecular formula is C15H16N4O. The minimum atomic E-state index is -0.0840. The summed E-state index contributed by atoms with van der Waals surface area (Å²) in [6.45, 7) is 2.91. The molecule has 3 aromatic rings. The van der Waals surface area contributed by atoms with Crippen molar-refractivity contribution >= 4 is 16.4 Å². The highest BCUT2D eigenvalue weighted by atomic mass is 16.1. The van der Waals surface area contributed by atoms with Crippen molar-refractivity contribution in [3.8, 4) is 0 Å². The highest BCUT2D eigenvalue weighted by Gasteiger charge is 2.33. The SMILES string of the molecule is CC1(Cn2ncc3c(nn4ccccc34)c2=O)CCC1. The van der Waals surface area contributed by atoms with Gasteiger partial charge in [0.2, 0.25) is 0 Å². The zero-order valence-corrected chi connectivity index (χ0v) is 11.4. The van der Waals surface area contributed by atoms with Crippen LogP contribution in [0.2, 0.25) is 0 Å². The Bertz CT molecular complexity index is 857. The van der Waals surface area contributed by atoms with E-state index >= 15 is 0 Å². The average Bonchev–Trinajstić information content (AvgIpc) is 2.80. The summed E-state index contributed by atoms with van der Waals surface area (Å²) in [4.78, 5) is 12.5. The summed E-state index contributed by atoms with van der Waals surface area (Å²) in [6.07, 6.45) is 7.21. The van der Waals surface area contributed by atoms with Gasteiger partial charge in [-0.15, -0.1) is 0 Å². The molecule has 3 aromatic heterocycles. The van der Waals surface area contributed by atoms with Crippen LogP contribution in [-0.4, -0.2) is 19.4 Å².